The summed E-state index contributed by atoms with van der Waals surface area (Å²) in [5.74, 6) is 0. The van der Waals surface area contributed by atoms with Crippen molar-refractivity contribution in [3.8, 4) is 33.4 Å². The van der Waals surface area contributed by atoms with Crippen LogP contribution in [0.25, 0.3) is 33.4 Å². The van der Waals surface area contributed by atoms with Gasteiger partial charge in [-0.25, -0.2) is 0 Å². The van der Waals surface area contributed by atoms with Gasteiger partial charge >= 0.3 is 14.2 Å². The second kappa shape index (κ2) is 16.4. The molecule has 68 heavy (non-hydrogen) atoms. The van der Waals surface area contributed by atoms with E-state index in [2.05, 4.69) is 260 Å². The van der Waals surface area contributed by atoms with Crippen molar-refractivity contribution in [3.05, 3.63) is 222 Å². The second-order valence-electron chi connectivity index (χ2n) is 20.6. The minimum atomic E-state index is -0.554. The molecule has 2 fully saturated rings. The highest BCUT2D eigenvalue weighted by atomic mass is 16.7. The van der Waals surface area contributed by atoms with E-state index < -0.39 is 42.1 Å². The Kier molecular flexibility index (Phi) is 10.6. The molecule has 8 aromatic carbocycles. The van der Waals surface area contributed by atoms with Crippen LogP contribution in [0.2, 0.25) is 0 Å². The van der Waals surface area contributed by atoms with Gasteiger partial charge in [-0.3, -0.25) is 0 Å². The van der Waals surface area contributed by atoms with Gasteiger partial charge in [-0.2, -0.15) is 0 Å². The molecule has 0 atom stereocenters. The second-order valence-corrected chi connectivity index (χ2v) is 20.6. The van der Waals surface area contributed by atoms with Crippen molar-refractivity contribution < 1.29 is 18.6 Å². The van der Waals surface area contributed by atoms with Crippen LogP contribution in [-0.2, 0) is 24.0 Å². The Hall–Kier alpha value is -6.47. The van der Waals surface area contributed by atoms with Crippen molar-refractivity contribution in [1.82, 2.24) is 0 Å². The lowest BCUT2D eigenvalue weighted by molar-refractivity contribution is 0.00578. The average Bonchev–Trinajstić information content (AvgIpc) is 3.87. The predicted molar refractivity (Wildman–Crippen MR) is 281 cm³/mol. The first-order valence-corrected chi connectivity index (χ1v) is 23.9. The quantitative estimate of drug-likeness (QED) is 0.135. The van der Waals surface area contributed by atoms with Crippen LogP contribution in [0.4, 0.5) is 17.1 Å². The van der Waals surface area contributed by atoms with Crippen molar-refractivity contribution in [2.75, 3.05) is 4.90 Å². The molecule has 2 saturated heterocycles. The van der Waals surface area contributed by atoms with E-state index in [0.717, 1.165) is 50.2 Å². The Labute approximate surface area is 403 Å². The molecule has 336 valence electrons. The zero-order chi connectivity index (χ0) is 47.1. The highest BCUT2D eigenvalue weighted by Gasteiger charge is 2.53. The summed E-state index contributed by atoms with van der Waals surface area (Å²) in [6.07, 6.45) is 0. The highest BCUT2D eigenvalue weighted by molar-refractivity contribution is 6.62. The number of hydrogen-bond donors (Lipinski definition) is 0. The molecule has 0 saturated carbocycles. The molecule has 2 aliphatic heterocycles. The van der Waals surface area contributed by atoms with E-state index in [-0.39, 0.29) is 0 Å². The number of benzene rings is 8. The van der Waals surface area contributed by atoms with E-state index in [1.165, 1.54) is 33.4 Å². The van der Waals surface area contributed by atoms with Crippen LogP contribution in [0.3, 0.4) is 0 Å². The number of nitrogens with zero attached hydrogens (tertiary/aromatic N) is 1. The van der Waals surface area contributed by atoms with Crippen LogP contribution in [0.15, 0.2) is 200 Å². The van der Waals surface area contributed by atoms with Crippen molar-refractivity contribution >= 4 is 42.2 Å². The lowest BCUT2D eigenvalue weighted by atomic mass is 9.67. The summed E-state index contributed by atoms with van der Waals surface area (Å²) < 4.78 is 26.1. The predicted octanol–water partition coefficient (Wildman–Crippen LogP) is 13.5. The third-order valence-corrected chi connectivity index (χ3v) is 15.4. The van der Waals surface area contributed by atoms with E-state index >= 15 is 0 Å². The molecule has 0 spiro atoms. The van der Waals surface area contributed by atoms with Crippen molar-refractivity contribution in [1.29, 1.82) is 0 Å². The fourth-order valence-corrected chi connectivity index (χ4v) is 10.4. The molecule has 11 rings (SSSR count). The molecule has 8 aromatic rings. The first-order valence-electron chi connectivity index (χ1n) is 23.9. The lowest BCUT2D eigenvalue weighted by Gasteiger charge is -2.35. The SMILES string of the molecule is CC1(C)OB(c2cccc(-c3cccc(N(c4cccc(-c5cccc(B6OC(C)(C)C(C)(C)O6)c5)c4)c4ccc5c(c4)C(c4ccccc4)(c4ccccc4)c4ccccc4-5)c3)c2)OC1(C)C. The summed E-state index contributed by atoms with van der Waals surface area (Å²) in [5.41, 5.74) is 14.6. The van der Waals surface area contributed by atoms with E-state index in [0.29, 0.717) is 0 Å². The molecular weight excluding hydrogens is 832 g/mol. The summed E-state index contributed by atoms with van der Waals surface area (Å²) in [7, 11) is -0.925. The summed E-state index contributed by atoms with van der Waals surface area (Å²) >= 11 is 0. The van der Waals surface area contributed by atoms with Crippen LogP contribution in [0.5, 0.6) is 0 Å². The van der Waals surface area contributed by atoms with E-state index in [1.807, 2.05) is 0 Å². The van der Waals surface area contributed by atoms with Gasteiger partial charge < -0.3 is 23.5 Å². The third kappa shape index (κ3) is 7.27. The van der Waals surface area contributed by atoms with Crippen LogP contribution in [-0.4, -0.2) is 36.6 Å². The molecule has 7 heteroatoms. The highest BCUT2D eigenvalue weighted by Crippen LogP contribution is 2.57. The zero-order valence-corrected chi connectivity index (χ0v) is 40.3. The average molecular weight is 890 g/mol. The number of fused-ring (bicyclic) bond motifs is 3. The number of rotatable bonds is 9. The minimum absolute atomic E-state index is 0.439. The Morgan fingerprint density at radius 2 is 0.706 bits per heavy atom. The third-order valence-electron chi connectivity index (χ3n) is 15.4. The molecule has 0 amide bonds. The maximum absolute atomic E-state index is 6.52. The Morgan fingerprint density at radius 1 is 0.324 bits per heavy atom. The smallest absolute Gasteiger partial charge is 0.399 e. The Bertz CT molecular complexity index is 2990. The van der Waals surface area contributed by atoms with Gasteiger partial charge in [-0.15, -0.1) is 0 Å². The Morgan fingerprint density at radius 3 is 1.18 bits per heavy atom. The number of anilines is 3. The zero-order valence-electron chi connectivity index (χ0n) is 40.3. The fourth-order valence-electron chi connectivity index (χ4n) is 10.4. The molecule has 0 bridgehead atoms. The van der Waals surface area contributed by atoms with Crippen molar-refractivity contribution in [3.63, 3.8) is 0 Å². The molecule has 0 N–H and O–H groups in total. The molecular formula is C61H57B2NO4. The molecule has 0 aromatic heterocycles. The topological polar surface area (TPSA) is 40.2 Å². The Balaban J connectivity index is 1.07. The van der Waals surface area contributed by atoms with Crippen molar-refractivity contribution in [2.24, 2.45) is 0 Å². The largest absolute Gasteiger partial charge is 0.494 e. The van der Waals surface area contributed by atoms with Gasteiger partial charge in [0.05, 0.1) is 27.8 Å². The summed E-state index contributed by atoms with van der Waals surface area (Å²) in [6, 6.07) is 72.9. The van der Waals surface area contributed by atoms with Crippen LogP contribution < -0.4 is 15.8 Å². The van der Waals surface area contributed by atoms with Gasteiger partial charge in [-0.05, 0) is 158 Å². The first-order chi connectivity index (χ1) is 32.6. The van der Waals surface area contributed by atoms with Gasteiger partial charge in [0.15, 0.2) is 0 Å². The van der Waals surface area contributed by atoms with Gasteiger partial charge in [0.1, 0.15) is 0 Å². The van der Waals surface area contributed by atoms with Gasteiger partial charge in [0.2, 0.25) is 0 Å². The van der Waals surface area contributed by atoms with E-state index in [9.17, 15) is 0 Å². The first kappa shape index (κ1) is 44.1. The molecule has 5 nitrogen and oxygen atoms in total. The maximum Gasteiger partial charge on any atom is 0.494 e. The van der Waals surface area contributed by atoms with Crippen LogP contribution >= 0.6 is 0 Å². The van der Waals surface area contributed by atoms with E-state index in [4.69, 9.17) is 18.6 Å². The monoisotopic (exact) mass is 889 g/mol. The lowest BCUT2D eigenvalue weighted by Crippen LogP contribution is -2.41. The fraction of sp³-hybridized carbons (Fsp3) is 0.213. The molecule has 0 unspecified atom stereocenters. The molecule has 2 heterocycles. The minimum Gasteiger partial charge on any atom is -0.399 e. The standard InChI is InChI=1S/C61H57B2NO4/c1-57(2)58(3,4)66-62(65-57)48-29-17-21-42(37-48)44-23-19-31-50(39-44)64(51-32-20-24-45(40-51)43-22-18-30-49(38-43)63-67-59(5,6)60(7,8)68-63)52-35-36-54-53-33-15-16-34-55(53)61(56(54)41-52,46-25-11-9-12-26-46)47-27-13-10-14-28-47/h9-41H,1-8H3. The number of hydrogen-bond acceptors (Lipinski definition) is 5. The van der Waals surface area contributed by atoms with Crippen LogP contribution in [0, 0.1) is 0 Å². The normalized spacial score (nSPS) is 18.0. The summed E-state index contributed by atoms with van der Waals surface area (Å²) in [6.45, 7) is 16.8. The molecule has 0 radical (unpaired) electrons. The van der Waals surface area contributed by atoms with E-state index in [1.54, 1.807) is 0 Å². The summed E-state index contributed by atoms with van der Waals surface area (Å²) in [4.78, 5) is 2.41. The van der Waals surface area contributed by atoms with Crippen molar-refractivity contribution in [2.45, 2.75) is 83.2 Å². The van der Waals surface area contributed by atoms with Gasteiger partial charge in [-0.1, -0.05) is 164 Å². The van der Waals surface area contributed by atoms with Gasteiger partial charge in [0, 0.05) is 17.1 Å². The molecule has 1 aliphatic carbocycles. The van der Waals surface area contributed by atoms with Crippen LogP contribution in [0.1, 0.15) is 77.6 Å². The molecule has 3 aliphatic rings. The van der Waals surface area contributed by atoms with Gasteiger partial charge in [0.25, 0.3) is 0 Å². The maximum atomic E-state index is 6.52. The summed E-state index contributed by atoms with van der Waals surface area (Å²) in [5, 5.41) is 0.